The third kappa shape index (κ3) is 3.93. The van der Waals surface area contributed by atoms with E-state index in [1.165, 1.54) is 12.5 Å². The van der Waals surface area contributed by atoms with Gasteiger partial charge in [0.1, 0.15) is 6.10 Å². The van der Waals surface area contributed by atoms with Crippen molar-refractivity contribution < 1.29 is 37.0 Å². The molecule has 0 aliphatic heterocycles. The summed E-state index contributed by atoms with van der Waals surface area (Å²) >= 11 is 0. The predicted octanol–water partition coefficient (Wildman–Crippen LogP) is 5.44. The van der Waals surface area contributed by atoms with Gasteiger partial charge < -0.3 is 9.47 Å². The van der Waals surface area contributed by atoms with E-state index in [9.17, 15) is 27.6 Å². The second-order valence-corrected chi connectivity index (χ2v) is 10.6. The number of Topliss-reactive ketones (excluding diaryl/α,β-unsaturated/α-hetero) is 1. The molecule has 6 atom stereocenters. The van der Waals surface area contributed by atoms with Gasteiger partial charge in [-0.2, -0.15) is 13.2 Å². The zero-order chi connectivity index (χ0) is 24.3. The molecule has 0 N–H and O–H groups in total. The van der Waals surface area contributed by atoms with Gasteiger partial charge in [0.15, 0.2) is 5.78 Å². The van der Waals surface area contributed by atoms with Crippen LogP contribution in [0.4, 0.5) is 13.2 Å². The highest BCUT2D eigenvalue weighted by Gasteiger charge is 2.61. The van der Waals surface area contributed by atoms with Crippen LogP contribution in [0.15, 0.2) is 23.0 Å². The summed E-state index contributed by atoms with van der Waals surface area (Å²) in [5, 5.41) is 0. The van der Waals surface area contributed by atoms with Gasteiger partial charge in [-0.05, 0) is 61.7 Å². The Morgan fingerprint density at radius 2 is 1.67 bits per heavy atom. The Balaban J connectivity index is 1.67. The zero-order valence-corrected chi connectivity index (χ0v) is 19.5. The fourth-order valence-corrected chi connectivity index (χ4v) is 7.23. The number of hydrogen-bond acceptors (Lipinski definition) is 5. The van der Waals surface area contributed by atoms with Gasteiger partial charge in [-0.1, -0.05) is 25.5 Å². The summed E-state index contributed by atoms with van der Waals surface area (Å²) in [6.07, 6.45) is 1.38. The van der Waals surface area contributed by atoms with Crippen LogP contribution in [0.5, 0.6) is 0 Å². The molecule has 0 aromatic heterocycles. The van der Waals surface area contributed by atoms with Crippen molar-refractivity contribution in [3.05, 3.63) is 23.0 Å². The maximum Gasteiger partial charge on any atom is 0.450 e. The third-order valence-electron chi connectivity index (χ3n) is 8.78. The minimum absolute atomic E-state index is 0.0199. The first-order valence-electron chi connectivity index (χ1n) is 11.7. The van der Waals surface area contributed by atoms with Crippen LogP contribution in [0.25, 0.3) is 0 Å². The maximum atomic E-state index is 13.7. The highest BCUT2D eigenvalue weighted by atomic mass is 19.4. The average molecular weight is 469 g/mol. The molecule has 0 aromatic rings. The molecule has 0 radical (unpaired) electrons. The Hall–Kier alpha value is -2.12. The predicted molar refractivity (Wildman–Crippen MR) is 112 cm³/mol. The van der Waals surface area contributed by atoms with E-state index < -0.39 is 29.1 Å². The molecule has 4 rings (SSSR count). The standard InChI is InChI=1S/C25H31F3O5/c1-13(29)32-16-7-9-23(3)15(11-16)5-6-17-19(23)8-10-24(4)20(17)12-18(21(24)31)22(25(26,27)28)33-14(2)30/h5,16-17,19-20H,6-12H2,1-4H3/b22-18+/t16-,17-,19+,20+,23+,24+/m1/s1. The molecule has 8 heteroatoms. The second-order valence-electron chi connectivity index (χ2n) is 10.6. The number of alkyl halides is 3. The van der Waals surface area contributed by atoms with Crippen LogP contribution < -0.4 is 0 Å². The van der Waals surface area contributed by atoms with Crippen molar-refractivity contribution >= 4 is 17.7 Å². The minimum atomic E-state index is -4.90. The first kappa shape index (κ1) is 24.0. The van der Waals surface area contributed by atoms with Gasteiger partial charge in [-0.3, -0.25) is 14.4 Å². The molecule has 4 aliphatic carbocycles. The topological polar surface area (TPSA) is 69.7 Å². The normalized spacial score (nSPS) is 39.6. The smallest absolute Gasteiger partial charge is 0.450 e. The van der Waals surface area contributed by atoms with Crippen molar-refractivity contribution in [1.82, 2.24) is 0 Å². The Morgan fingerprint density at radius 1 is 1.00 bits per heavy atom. The van der Waals surface area contributed by atoms with Crippen LogP contribution in [0.2, 0.25) is 0 Å². The molecule has 0 amide bonds. The molecule has 182 valence electrons. The lowest BCUT2D eigenvalue weighted by Gasteiger charge is -2.56. The molecule has 0 unspecified atom stereocenters. The van der Waals surface area contributed by atoms with Gasteiger partial charge in [0.25, 0.3) is 0 Å². The fourth-order valence-electron chi connectivity index (χ4n) is 7.23. The summed E-state index contributed by atoms with van der Waals surface area (Å²) in [6, 6.07) is 0. The SMILES string of the molecule is CC(=O)O/C(=C1\C[C@H]2[C@@H]3CC=C4C[C@H](OC(C)=O)CC[C@]4(C)[C@H]3CC[C@]2(C)C1=O)C(F)(F)F. The van der Waals surface area contributed by atoms with Crippen LogP contribution in [0.1, 0.15) is 72.6 Å². The highest BCUT2D eigenvalue weighted by Crippen LogP contribution is 2.65. The second kappa shape index (κ2) is 7.98. The van der Waals surface area contributed by atoms with Crippen molar-refractivity contribution in [3.8, 4) is 0 Å². The summed E-state index contributed by atoms with van der Waals surface area (Å²) in [7, 11) is 0. The van der Waals surface area contributed by atoms with E-state index in [-0.39, 0.29) is 47.2 Å². The van der Waals surface area contributed by atoms with Crippen molar-refractivity contribution in [1.29, 1.82) is 0 Å². The van der Waals surface area contributed by atoms with E-state index in [1.54, 1.807) is 6.92 Å². The van der Waals surface area contributed by atoms with Crippen LogP contribution in [0, 0.1) is 28.6 Å². The number of ketones is 1. The lowest BCUT2D eigenvalue weighted by molar-refractivity contribution is -0.159. The van der Waals surface area contributed by atoms with Crippen LogP contribution in [0.3, 0.4) is 0 Å². The number of hydrogen-bond donors (Lipinski definition) is 0. The maximum absolute atomic E-state index is 13.7. The number of ether oxygens (including phenoxy) is 2. The van der Waals surface area contributed by atoms with Crippen molar-refractivity contribution in [2.75, 3.05) is 0 Å². The number of fused-ring (bicyclic) bond motifs is 5. The van der Waals surface area contributed by atoms with Gasteiger partial charge >= 0.3 is 18.1 Å². The van der Waals surface area contributed by atoms with Gasteiger partial charge in [-0.25, -0.2) is 0 Å². The Kier molecular flexibility index (Phi) is 5.81. The number of halogens is 3. The Morgan fingerprint density at radius 3 is 2.27 bits per heavy atom. The van der Waals surface area contributed by atoms with E-state index in [1.807, 2.05) is 0 Å². The molecule has 33 heavy (non-hydrogen) atoms. The average Bonchev–Trinajstić information content (AvgIpc) is 2.96. The molecule has 3 fully saturated rings. The third-order valence-corrected chi connectivity index (χ3v) is 8.78. The van der Waals surface area contributed by atoms with Crippen molar-refractivity contribution in [3.63, 3.8) is 0 Å². The van der Waals surface area contributed by atoms with Crippen molar-refractivity contribution in [2.45, 2.75) is 84.9 Å². The lowest BCUT2D eigenvalue weighted by Crippen LogP contribution is -2.50. The quantitative estimate of drug-likeness (QED) is 0.234. The van der Waals surface area contributed by atoms with Gasteiger partial charge in [0.05, 0.1) is 0 Å². The largest absolute Gasteiger partial charge is 0.462 e. The molecule has 0 spiro atoms. The molecule has 0 bridgehead atoms. The molecule has 0 heterocycles. The molecular formula is C25H31F3O5. The van der Waals surface area contributed by atoms with E-state index in [0.717, 1.165) is 26.2 Å². The molecular weight excluding hydrogens is 437 g/mol. The van der Waals surface area contributed by atoms with Gasteiger partial charge in [-0.15, -0.1) is 0 Å². The zero-order valence-electron chi connectivity index (χ0n) is 19.5. The van der Waals surface area contributed by atoms with Crippen LogP contribution in [-0.4, -0.2) is 30.0 Å². The van der Waals surface area contributed by atoms with E-state index >= 15 is 0 Å². The fraction of sp³-hybridized carbons (Fsp3) is 0.720. The van der Waals surface area contributed by atoms with E-state index in [2.05, 4.69) is 17.7 Å². The summed E-state index contributed by atoms with van der Waals surface area (Å²) < 4.78 is 51.1. The van der Waals surface area contributed by atoms with Crippen LogP contribution >= 0.6 is 0 Å². The number of carbonyl (C=O) groups excluding carboxylic acids is 3. The van der Waals surface area contributed by atoms with Gasteiger partial charge in [0.2, 0.25) is 5.76 Å². The summed E-state index contributed by atoms with van der Waals surface area (Å²) in [6.45, 7) is 6.32. The highest BCUT2D eigenvalue weighted by molar-refractivity contribution is 6.03. The molecule has 5 nitrogen and oxygen atoms in total. The number of esters is 2. The van der Waals surface area contributed by atoms with E-state index in [0.29, 0.717) is 19.3 Å². The minimum Gasteiger partial charge on any atom is -0.462 e. The summed E-state index contributed by atoms with van der Waals surface area (Å²) in [5.74, 6) is -3.23. The Bertz CT molecular complexity index is 948. The van der Waals surface area contributed by atoms with Gasteiger partial charge in [0, 0.05) is 31.3 Å². The molecule has 4 aliphatic rings. The number of rotatable bonds is 2. The molecule has 3 saturated carbocycles. The number of carbonyl (C=O) groups is 3. The summed E-state index contributed by atoms with van der Waals surface area (Å²) in [5.41, 5.74) is -0.117. The molecule has 0 aromatic carbocycles. The lowest BCUT2D eigenvalue weighted by atomic mass is 9.48. The Labute approximate surface area is 191 Å². The van der Waals surface area contributed by atoms with Crippen molar-refractivity contribution in [2.24, 2.45) is 28.6 Å². The summed E-state index contributed by atoms with van der Waals surface area (Å²) in [4.78, 5) is 36.1. The monoisotopic (exact) mass is 468 g/mol. The molecule has 0 saturated heterocycles. The first-order valence-corrected chi connectivity index (χ1v) is 11.7. The first-order chi connectivity index (χ1) is 15.3. The number of allylic oxidation sites excluding steroid dienone is 3. The van der Waals surface area contributed by atoms with E-state index in [4.69, 9.17) is 4.74 Å². The van der Waals surface area contributed by atoms with Crippen LogP contribution in [-0.2, 0) is 23.9 Å².